The van der Waals surface area contributed by atoms with Crippen molar-refractivity contribution in [1.29, 1.82) is 0 Å². The third-order valence-corrected chi connectivity index (χ3v) is 3.36. The standard InChI is InChI=1S/C12H17NO2S/c1-8(14)10-5-4-6-11(7-10)16-9(2)12(15)13-3/h4-9,14H,1-3H3,(H,13,15). The normalized spacial score (nSPS) is 14.2. The van der Waals surface area contributed by atoms with Crippen LogP contribution in [0.3, 0.4) is 0 Å². The number of hydrogen-bond donors (Lipinski definition) is 2. The van der Waals surface area contributed by atoms with Crippen molar-refractivity contribution in [1.82, 2.24) is 5.32 Å². The summed E-state index contributed by atoms with van der Waals surface area (Å²) >= 11 is 1.48. The molecule has 2 N–H and O–H groups in total. The van der Waals surface area contributed by atoms with Crippen LogP contribution in [0.15, 0.2) is 29.2 Å². The average Bonchev–Trinajstić information content (AvgIpc) is 2.28. The van der Waals surface area contributed by atoms with E-state index in [0.717, 1.165) is 10.5 Å². The molecule has 0 bridgehead atoms. The molecule has 2 unspecified atom stereocenters. The van der Waals surface area contributed by atoms with Crippen molar-refractivity contribution < 1.29 is 9.90 Å². The summed E-state index contributed by atoms with van der Waals surface area (Å²) in [5, 5.41) is 11.9. The molecule has 0 saturated carbocycles. The summed E-state index contributed by atoms with van der Waals surface area (Å²) in [6, 6.07) is 7.62. The molecule has 0 aromatic heterocycles. The van der Waals surface area contributed by atoms with Gasteiger partial charge >= 0.3 is 0 Å². The summed E-state index contributed by atoms with van der Waals surface area (Å²) in [5.41, 5.74) is 0.870. The highest BCUT2D eigenvalue weighted by atomic mass is 32.2. The van der Waals surface area contributed by atoms with Crippen LogP contribution in [0.25, 0.3) is 0 Å². The van der Waals surface area contributed by atoms with Crippen molar-refractivity contribution in [3.05, 3.63) is 29.8 Å². The SMILES string of the molecule is CNC(=O)C(C)Sc1cccc(C(C)O)c1. The highest BCUT2D eigenvalue weighted by Crippen LogP contribution is 2.25. The average molecular weight is 239 g/mol. The molecule has 0 aliphatic carbocycles. The molecule has 1 amide bonds. The van der Waals surface area contributed by atoms with Gasteiger partial charge in [-0.25, -0.2) is 0 Å². The lowest BCUT2D eigenvalue weighted by atomic mass is 10.1. The summed E-state index contributed by atoms with van der Waals surface area (Å²) in [6.45, 7) is 3.59. The Hall–Kier alpha value is -1.00. The molecular weight excluding hydrogens is 222 g/mol. The molecule has 88 valence electrons. The van der Waals surface area contributed by atoms with Crippen LogP contribution in [0.1, 0.15) is 25.5 Å². The van der Waals surface area contributed by atoms with E-state index >= 15 is 0 Å². The van der Waals surface area contributed by atoms with Crippen LogP contribution >= 0.6 is 11.8 Å². The predicted molar refractivity (Wildman–Crippen MR) is 66.5 cm³/mol. The molecule has 0 heterocycles. The number of thioether (sulfide) groups is 1. The number of benzene rings is 1. The topological polar surface area (TPSA) is 49.3 Å². The fraction of sp³-hybridized carbons (Fsp3) is 0.417. The lowest BCUT2D eigenvalue weighted by molar-refractivity contribution is -0.119. The first kappa shape index (κ1) is 13.1. The minimum absolute atomic E-state index is 0.00690. The molecule has 1 rings (SSSR count). The lowest BCUT2D eigenvalue weighted by Gasteiger charge is -2.11. The van der Waals surface area contributed by atoms with Crippen molar-refractivity contribution in [2.75, 3.05) is 7.05 Å². The van der Waals surface area contributed by atoms with Crippen molar-refractivity contribution in [2.24, 2.45) is 0 Å². The summed E-state index contributed by atoms with van der Waals surface area (Å²) in [6.07, 6.45) is -0.476. The van der Waals surface area contributed by atoms with E-state index in [1.165, 1.54) is 11.8 Å². The van der Waals surface area contributed by atoms with Gasteiger partial charge in [-0.2, -0.15) is 0 Å². The van der Waals surface area contributed by atoms with Gasteiger partial charge in [0.25, 0.3) is 0 Å². The molecule has 3 nitrogen and oxygen atoms in total. The monoisotopic (exact) mass is 239 g/mol. The summed E-state index contributed by atoms with van der Waals surface area (Å²) < 4.78 is 0. The molecule has 0 radical (unpaired) electrons. The third-order valence-electron chi connectivity index (χ3n) is 2.27. The van der Waals surface area contributed by atoms with Crippen LogP contribution in [0.4, 0.5) is 0 Å². The minimum atomic E-state index is -0.476. The van der Waals surface area contributed by atoms with E-state index in [1.807, 2.05) is 31.2 Å². The third kappa shape index (κ3) is 3.54. The van der Waals surface area contributed by atoms with Gasteiger partial charge in [0.05, 0.1) is 11.4 Å². The number of hydrogen-bond acceptors (Lipinski definition) is 3. The first-order valence-corrected chi connectivity index (χ1v) is 6.09. The number of rotatable bonds is 4. The number of amides is 1. The van der Waals surface area contributed by atoms with Crippen LogP contribution in [-0.2, 0) is 4.79 Å². The van der Waals surface area contributed by atoms with Crippen molar-refractivity contribution >= 4 is 17.7 Å². The predicted octanol–water partition coefficient (Wildman–Crippen LogP) is 1.97. The maximum absolute atomic E-state index is 11.4. The molecule has 0 saturated heterocycles. The van der Waals surface area contributed by atoms with Crippen LogP contribution < -0.4 is 5.32 Å². The van der Waals surface area contributed by atoms with Gasteiger partial charge in [0, 0.05) is 11.9 Å². The number of aliphatic hydroxyl groups excluding tert-OH is 1. The maximum atomic E-state index is 11.4. The van der Waals surface area contributed by atoms with Gasteiger partial charge in [-0.05, 0) is 31.5 Å². The Morgan fingerprint density at radius 3 is 2.69 bits per heavy atom. The molecule has 1 aromatic rings. The van der Waals surface area contributed by atoms with E-state index in [-0.39, 0.29) is 11.2 Å². The van der Waals surface area contributed by atoms with Gasteiger partial charge in [0.15, 0.2) is 0 Å². The van der Waals surface area contributed by atoms with E-state index in [2.05, 4.69) is 5.32 Å². The summed E-state index contributed by atoms with van der Waals surface area (Å²) in [4.78, 5) is 12.3. The molecule has 4 heteroatoms. The Balaban J connectivity index is 2.74. The highest BCUT2D eigenvalue weighted by Gasteiger charge is 2.12. The lowest BCUT2D eigenvalue weighted by Crippen LogP contribution is -2.27. The van der Waals surface area contributed by atoms with Crippen LogP contribution in [0, 0.1) is 0 Å². The van der Waals surface area contributed by atoms with Crippen LogP contribution in [0.5, 0.6) is 0 Å². The van der Waals surface area contributed by atoms with Crippen molar-refractivity contribution in [3.8, 4) is 0 Å². The number of nitrogens with one attached hydrogen (secondary N) is 1. The van der Waals surface area contributed by atoms with Crippen molar-refractivity contribution in [2.45, 2.75) is 30.1 Å². The Morgan fingerprint density at radius 1 is 1.44 bits per heavy atom. The van der Waals surface area contributed by atoms with Gasteiger partial charge in [-0.15, -0.1) is 11.8 Å². The number of carbonyl (C=O) groups excluding carboxylic acids is 1. The van der Waals surface area contributed by atoms with Gasteiger partial charge < -0.3 is 10.4 Å². The number of carbonyl (C=O) groups is 1. The van der Waals surface area contributed by atoms with E-state index in [4.69, 9.17) is 0 Å². The Bertz CT molecular complexity index is 366. The quantitative estimate of drug-likeness (QED) is 0.790. The van der Waals surface area contributed by atoms with Gasteiger partial charge in [-0.3, -0.25) is 4.79 Å². The van der Waals surface area contributed by atoms with Crippen molar-refractivity contribution in [3.63, 3.8) is 0 Å². The van der Waals surface area contributed by atoms with E-state index < -0.39 is 6.10 Å². The Kier molecular flexibility index (Phi) is 4.83. The second-order valence-electron chi connectivity index (χ2n) is 3.62. The zero-order valence-corrected chi connectivity index (χ0v) is 10.5. The molecule has 1 aromatic carbocycles. The second kappa shape index (κ2) is 5.92. The Labute approximate surface area is 100 Å². The first-order valence-electron chi connectivity index (χ1n) is 5.21. The Morgan fingerprint density at radius 2 is 2.12 bits per heavy atom. The fourth-order valence-electron chi connectivity index (χ4n) is 1.31. The first-order chi connectivity index (χ1) is 7.54. The summed E-state index contributed by atoms with van der Waals surface area (Å²) in [7, 11) is 1.63. The zero-order chi connectivity index (χ0) is 12.1. The van der Waals surface area contributed by atoms with E-state index in [9.17, 15) is 9.90 Å². The van der Waals surface area contributed by atoms with Gasteiger partial charge in [0.1, 0.15) is 0 Å². The van der Waals surface area contributed by atoms with Crippen LogP contribution in [0.2, 0.25) is 0 Å². The maximum Gasteiger partial charge on any atom is 0.232 e. The zero-order valence-electron chi connectivity index (χ0n) is 9.73. The highest BCUT2D eigenvalue weighted by molar-refractivity contribution is 8.00. The molecule has 0 spiro atoms. The van der Waals surface area contributed by atoms with Gasteiger partial charge in [0.2, 0.25) is 5.91 Å². The number of aliphatic hydroxyl groups is 1. The fourth-order valence-corrected chi connectivity index (χ4v) is 2.30. The second-order valence-corrected chi connectivity index (χ2v) is 5.04. The van der Waals surface area contributed by atoms with E-state index in [1.54, 1.807) is 14.0 Å². The smallest absolute Gasteiger partial charge is 0.232 e. The largest absolute Gasteiger partial charge is 0.389 e. The molecule has 0 fully saturated rings. The molecular formula is C12H17NO2S. The molecule has 0 aliphatic heterocycles. The summed E-state index contributed by atoms with van der Waals surface area (Å²) in [5.74, 6) is 0.00690. The molecule has 16 heavy (non-hydrogen) atoms. The van der Waals surface area contributed by atoms with E-state index in [0.29, 0.717) is 0 Å². The van der Waals surface area contributed by atoms with Crippen LogP contribution in [-0.4, -0.2) is 23.3 Å². The van der Waals surface area contributed by atoms with Gasteiger partial charge in [-0.1, -0.05) is 12.1 Å². The molecule has 0 aliphatic rings. The minimum Gasteiger partial charge on any atom is -0.389 e. The molecule has 2 atom stereocenters.